The highest BCUT2D eigenvalue weighted by Gasteiger charge is 2.21. The summed E-state index contributed by atoms with van der Waals surface area (Å²) in [6.45, 7) is 7.85. The second-order valence-corrected chi connectivity index (χ2v) is 6.96. The smallest absolute Gasteiger partial charge is 0.191 e. The summed E-state index contributed by atoms with van der Waals surface area (Å²) in [5, 5.41) is 6.60. The van der Waals surface area contributed by atoms with Gasteiger partial charge in [-0.05, 0) is 30.5 Å². The zero-order chi connectivity index (χ0) is 18.1. The molecule has 0 bridgehead atoms. The Morgan fingerprint density at radius 1 is 1.38 bits per heavy atom. The molecule has 1 fully saturated rings. The molecule has 0 amide bonds. The number of aliphatic imine (C=N–C) groups is 1. The highest BCUT2D eigenvalue weighted by Crippen LogP contribution is 2.22. The lowest BCUT2D eigenvalue weighted by Gasteiger charge is -2.27. The van der Waals surface area contributed by atoms with Crippen LogP contribution in [0, 0.1) is 5.82 Å². The van der Waals surface area contributed by atoms with Crippen LogP contribution in [0.4, 0.5) is 4.39 Å². The quantitative estimate of drug-likeness (QED) is 0.261. The maximum absolute atomic E-state index is 13.4. The zero-order valence-corrected chi connectivity index (χ0v) is 18.2. The van der Waals surface area contributed by atoms with Crippen LogP contribution in [0.2, 0.25) is 0 Å². The Balaban J connectivity index is 0.00000338. The number of halogens is 2. The molecule has 1 aromatic carbocycles. The molecular formula is C19H31FIN3O2. The number of ether oxygens (including phenoxy) is 2. The number of benzene rings is 1. The maximum Gasteiger partial charge on any atom is 0.191 e. The molecular weight excluding hydrogens is 448 g/mol. The van der Waals surface area contributed by atoms with Crippen LogP contribution in [-0.4, -0.2) is 52.0 Å². The third-order valence-corrected chi connectivity index (χ3v) is 4.38. The molecule has 0 radical (unpaired) electrons. The van der Waals surface area contributed by atoms with Gasteiger partial charge in [0.05, 0.1) is 12.7 Å². The molecule has 1 atom stereocenters. The largest absolute Gasteiger partial charge is 0.379 e. The molecule has 1 aromatic rings. The first kappa shape index (κ1) is 23.1. The standard InChI is InChI=1S/C19H30FN3O2.HI/c1-19(2,15-6-4-7-16(20)12-15)14-23-18(21-3)22-9-5-10-25-17-8-11-24-13-17;/h4,6-7,12,17H,5,8-11,13-14H2,1-3H3,(H2,21,22,23);1H. The van der Waals surface area contributed by atoms with E-state index in [0.29, 0.717) is 19.8 Å². The van der Waals surface area contributed by atoms with Crippen LogP contribution in [0.3, 0.4) is 0 Å². The summed E-state index contributed by atoms with van der Waals surface area (Å²) in [6.07, 6.45) is 2.15. The van der Waals surface area contributed by atoms with E-state index in [9.17, 15) is 4.39 Å². The molecule has 1 unspecified atom stereocenters. The highest BCUT2D eigenvalue weighted by atomic mass is 127. The molecule has 2 N–H and O–H groups in total. The molecule has 0 saturated carbocycles. The van der Waals surface area contributed by atoms with E-state index in [4.69, 9.17) is 9.47 Å². The number of nitrogens with zero attached hydrogens (tertiary/aromatic N) is 1. The lowest BCUT2D eigenvalue weighted by atomic mass is 9.84. The van der Waals surface area contributed by atoms with Gasteiger partial charge in [0.25, 0.3) is 0 Å². The number of rotatable bonds is 8. The summed E-state index contributed by atoms with van der Waals surface area (Å²) >= 11 is 0. The van der Waals surface area contributed by atoms with Gasteiger partial charge in [0, 0.05) is 38.8 Å². The van der Waals surface area contributed by atoms with Gasteiger partial charge >= 0.3 is 0 Å². The summed E-state index contributed by atoms with van der Waals surface area (Å²) in [6, 6.07) is 6.75. The predicted octanol–water partition coefficient (Wildman–Crippen LogP) is 3.08. The van der Waals surface area contributed by atoms with E-state index in [1.54, 1.807) is 19.2 Å². The second kappa shape index (κ2) is 11.7. The van der Waals surface area contributed by atoms with Crippen molar-refractivity contribution in [3.63, 3.8) is 0 Å². The molecule has 0 aliphatic carbocycles. The van der Waals surface area contributed by atoms with E-state index in [2.05, 4.69) is 29.5 Å². The molecule has 7 heteroatoms. The van der Waals surface area contributed by atoms with Crippen molar-refractivity contribution in [2.75, 3.05) is 40.0 Å². The average molecular weight is 479 g/mol. The SMILES string of the molecule is CN=C(NCCCOC1CCOC1)NCC(C)(C)c1cccc(F)c1.I. The van der Waals surface area contributed by atoms with Gasteiger partial charge in [-0.1, -0.05) is 26.0 Å². The van der Waals surface area contributed by atoms with Gasteiger partial charge in [0.2, 0.25) is 0 Å². The van der Waals surface area contributed by atoms with Crippen molar-refractivity contribution < 1.29 is 13.9 Å². The fourth-order valence-corrected chi connectivity index (χ4v) is 2.71. The van der Waals surface area contributed by atoms with Crippen molar-refractivity contribution in [3.05, 3.63) is 35.6 Å². The molecule has 0 spiro atoms. The summed E-state index contributed by atoms with van der Waals surface area (Å²) in [5.74, 6) is 0.537. The van der Waals surface area contributed by atoms with E-state index in [1.165, 1.54) is 6.07 Å². The van der Waals surface area contributed by atoms with E-state index < -0.39 is 0 Å². The Bertz CT molecular complexity index is 563. The minimum absolute atomic E-state index is 0. The van der Waals surface area contributed by atoms with Gasteiger partial charge in [-0.15, -0.1) is 24.0 Å². The van der Waals surface area contributed by atoms with E-state index in [1.807, 2.05) is 6.07 Å². The predicted molar refractivity (Wildman–Crippen MR) is 114 cm³/mol. The first-order chi connectivity index (χ1) is 12.0. The minimum Gasteiger partial charge on any atom is -0.379 e. The number of hydrogen-bond acceptors (Lipinski definition) is 3. The summed E-state index contributed by atoms with van der Waals surface area (Å²) in [4.78, 5) is 4.24. The van der Waals surface area contributed by atoms with Crippen LogP contribution in [0.5, 0.6) is 0 Å². The summed E-state index contributed by atoms with van der Waals surface area (Å²) < 4.78 is 24.5. The fraction of sp³-hybridized carbons (Fsp3) is 0.632. The van der Waals surface area contributed by atoms with Crippen molar-refractivity contribution in [2.24, 2.45) is 4.99 Å². The van der Waals surface area contributed by atoms with Gasteiger partial charge in [0.15, 0.2) is 5.96 Å². The number of nitrogens with one attached hydrogen (secondary N) is 2. The Morgan fingerprint density at radius 3 is 2.85 bits per heavy atom. The number of hydrogen-bond donors (Lipinski definition) is 2. The Morgan fingerprint density at radius 2 is 2.19 bits per heavy atom. The molecule has 148 valence electrons. The normalized spacial score (nSPS) is 17.7. The van der Waals surface area contributed by atoms with Crippen molar-refractivity contribution in [1.29, 1.82) is 0 Å². The van der Waals surface area contributed by atoms with E-state index >= 15 is 0 Å². The van der Waals surface area contributed by atoms with Crippen LogP contribution < -0.4 is 10.6 Å². The van der Waals surface area contributed by atoms with Crippen molar-refractivity contribution in [3.8, 4) is 0 Å². The van der Waals surface area contributed by atoms with Crippen LogP contribution in [0.1, 0.15) is 32.3 Å². The molecule has 1 aliphatic heterocycles. The fourth-order valence-electron chi connectivity index (χ4n) is 2.71. The van der Waals surface area contributed by atoms with Gasteiger partial charge in [-0.25, -0.2) is 4.39 Å². The first-order valence-electron chi connectivity index (χ1n) is 8.91. The van der Waals surface area contributed by atoms with Gasteiger partial charge in [-0.2, -0.15) is 0 Å². The second-order valence-electron chi connectivity index (χ2n) is 6.96. The topological polar surface area (TPSA) is 54.9 Å². The van der Waals surface area contributed by atoms with Gasteiger partial charge in [-0.3, -0.25) is 4.99 Å². The van der Waals surface area contributed by atoms with Gasteiger partial charge < -0.3 is 20.1 Å². The van der Waals surface area contributed by atoms with Gasteiger partial charge in [0.1, 0.15) is 5.82 Å². The third-order valence-electron chi connectivity index (χ3n) is 4.38. The van der Waals surface area contributed by atoms with Crippen LogP contribution in [-0.2, 0) is 14.9 Å². The van der Waals surface area contributed by atoms with Crippen LogP contribution >= 0.6 is 24.0 Å². The van der Waals surface area contributed by atoms with E-state index in [-0.39, 0.29) is 41.3 Å². The molecule has 1 heterocycles. The van der Waals surface area contributed by atoms with Crippen LogP contribution in [0.15, 0.2) is 29.3 Å². The van der Waals surface area contributed by atoms with Crippen molar-refractivity contribution in [1.82, 2.24) is 10.6 Å². The summed E-state index contributed by atoms with van der Waals surface area (Å²) in [7, 11) is 1.75. The molecule has 1 saturated heterocycles. The molecule has 5 nitrogen and oxygen atoms in total. The third kappa shape index (κ3) is 7.75. The maximum atomic E-state index is 13.4. The monoisotopic (exact) mass is 479 g/mol. The molecule has 0 aromatic heterocycles. The van der Waals surface area contributed by atoms with E-state index in [0.717, 1.165) is 37.5 Å². The zero-order valence-electron chi connectivity index (χ0n) is 15.9. The average Bonchev–Trinajstić information content (AvgIpc) is 3.10. The lowest BCUT2D eigenvalue weighted by molar-refractivity contribution is 0.0420. The summed E-state index contributed by atoms with van der Waals surface area (Å²) in [5.41, 5.74) is 0.758. The lowest BCUT2D eigenvalue weighted by Crippen LogP contribution is -2.43. The van der Waals surface area contributed by atoms with Crippen LogP contribution in [0.25, 0.3) is 0 Å². The highest BCUT2D eigenvalue weighted by molar-refractivity contribution is 14.0. The molecule has 1 aliphatic rings. The molecule has 26 heavy (non-hydrogen) atoms. The van der Waals surface area contributed by atoms with Crippen molar-refractivity contribution >= 4 is 29.9 Å². The first-order valence-corrected chi connectivity index (χ1v) is 8.91. The minimum atomic E-state index is -0.208. The molecule has 2 rings (SSSR count). The number of guanidine groups is 1. The Kier molecular flexibility index (Phi) is 10.4. The Labute approximate surface area is 173 Å². The Hall–Kier alpha value is -0.930. The van der Waals surface area contributed by atoms with Crippen molar-refractivity contribution in [2.45, 2.75) is 38.2 Å².